The van der Waals surface area contributed by atoms with Gasteiger partial charge in [-0.2, -0.15) is 0 Å². The monoisotopic (exact) mass is 411 g/mol. The number of pyridine rings is 1. The standard InChI is InChI=1S/C6H2Br2F2IN/c7-2-1-3(11)4(6(9)10)12-5(2)8/h1,6H. The van der Waals surface area contributed by atoms with Gasteiger partial charge >= 0.3 is 0 Å². The number of alkyl halides is 2. The van der Waals surface area contributed by atoms with E-state index in [-0.39, 0.29) is 5.69 Å². The van der Waals surface area contributed by atoms with Gasteiger partial charge < -0.3 is 0 Å². The smallest absolute Gasteiger partial charge is 0.238 e. The van der Waals surface area contributed by atoms with Crippen LogP contribution in [0.2, 0.25) is 0 Å². The first-order valence-corrected chi connectivity index (χ1v) is 5.48. The molecule has 0 atom stereocenters. The number of hydrogen-bond donors (Lipinski definition) is 0. The maximum atomic E-state index is 12.2. The van der Waals surface area contributed by atoms with Gasteiger partial charge in [-0.3, -0.25) is 0 Å². The van der Waals surface area contributed by atoms with Gasteiger partial charge in [-0.1, -0.05) is 0 Å². The minimum Gasteiger partial charge on any atom is -0.238 e. The SMILES string of the molecule is FC(F)c1nc(Br)c(Br)cc1I. The summed E-state index contributed by atoms with van der Waals surface area (Å²) in [5, 5.41) is 0. The Hall–Kier alpha value is 0.700. The quantitative estimate of drug-likeness (QED) is 0.499. The van der Waals surface area contributed by atoms with E-state index in [2.05, 4.69) is 36.8 Å². The first-order chi connectivity index (χ1) is 5.52. The predicted octanol–water partition coefficient (Wildman–Crippen LogP) is 4.15. The van der Waals surface area contributed by atoms with E-state index < -0.39 is 6.43 Å². The summed E-state index contributed by atoms with van der Waals surface area (Å²) in [5.74, 6) is 0. The van der Waals surface area contributed by atoms with Crippen LogP contribution < -0.4 is 0 Å². The van der Waals surface area contributed by atoms with Crippen molar-refractivity contribution < 1.29 is 8.78 Å². The lowest BCUT2D eigenvalue weighted by Gasteiger charge is -2.03. The molecule has 0 saturated heterocycles. The van der Waals surface area contributed by atoms with E-state index in [0.717, 1.165) is 0 Å². The average Bonchev–Trinajstić information content (AvgIpc) is 1.96. The molecular weight excluding hydrogens is 411 g/mol. The van der Waals surface area contributed by atoms with Crippen molar-refractivity contribution in [1.29, 1.82) is 0 Å². The lowest BCUT2D eigenvalue weighted by Crippen LogP contribution is -1.95. The molecule has 1 aromatic heterocycles. The summed E-state index contributed by atoms with van der Waals surface area (Å²) >= 11 is 8.05. The minimum absolute atomic E-state index is 0.189. The van der Waals surface area contributed by atoms with Gasteiger partial charge in [0, 0.05) is 3.57 Å². The first-order valence-electron chi connectivity index (χ1n) is 2.82. The predicted molar refractivity (Wildman–Crippen MR) is 57.3 cm³/mol. The minimum atomic E-state index is -2.53. The maximum Gasteiger partial charge on any atom is 0.281 e. The Labute approximate surface area is 98.3 Å². The zero-order valence-electron chi connectivity index (χ0n) is 5.49. The van der Waals surface area contributed by atoms with Gasteiger partial charge in [-0.25, -0.2) is 13.8 Å². The lowest BCUT2D eigenvalue weighted by molar-refractivity contribution is 0.145. The Morgan fingerprint density at radius 1 is 1.42 bits per heavy atom. The van der Waals surface area contributed by atoms with Crippen LogP contribution in [0.1, 0.15) is 12.1 Å². The Kier molecular flexibility index (Phi) is 3.84. The van der Waals surface area contributed by atoms with Gasteiger partial charge in [0.1, 0.15) is 10.3 Å². The van der Waals surface area contributed by atoms with Crippen LogP contribution >= 0.6 is 54.5 Å². The highest BCUT2D eigenvalue weighted by atomic mass is 127. The molecule has 0 unspecified atom stereocenters. The molecule has 0 fully saturated rings. The zero-order valence-corrected chi connectivity index (χ0v) is 10.8. The van der Waals surface area contributed by atoms with Crippen LogP contribution in [0.4, 0.5) is 8.78 Å². The van der Waals surface area contributed by atoms with Crippen molar-refractivity contribution in [3.05, 3.63) is 24.4 Å². The van der Waals surface area contributed by atoms with Crippen molar-refractivity contribution >= 4 is 54.5 Å². The lowest BCUT2D eigenvalue weighted by atomic mass is 10.4. The number of rotatable bonds is 1. The van der Waals surface area contributed by atoms with Gasteiger partial charge in [-0.05, 0) is 60.5 Å². The van der Waals surface area contributed by atoms with Crippen molar-refractivity contribution in [3.63, 3.8) is 0 Å². The molecule has 66 valence electrons. The summed E-state index contributed by atoms with van der Waals surface area (Å²) < 4.78 is 26.0. The molecule has 0 saturated carbocycles. The van der Waals surface area contributed by atoms with E-state index in [0.29, 0.717) is 12.6 Å². The zero-order chi connectivity index (χ0) is 9.30. The molecule has 1 rings (SSSR count). The fourth-order valence-corrected chi connectivity index (χ4v) is 2.33. The summed E-state index contributed by atoms with van der Waals surface area (Å²) in [6, 6.07) is 1.60. The highest BCUT2D eigenvalue weighted by Gasteiger charge is 2.15. The van der Waals surface area contributed by atoms with Gasteiger partial charge in [0.05, 0.1) is 4.47 Å². The van der Waals surface area contributed by atoms with Gasteiger partial charge in [0.2, 0.25) is 0 Å². The molecule has 0 aromatic carbocycles. The molecule has 0 N–H and O–H groups in total. The molecular formula is C6H2Br2F2IN. The highest BCUT2D eigenvalue weighted by molar-refractivity contribution is 14.1. The van der Waals surface area contributed by atoms with Crippen LogP contribution in [0.15, 0.2) is 15.1 Å². The Morgan fingerprint density at radius 2 is 2.00 bits per heavy atom. The number of hydrogen-bond acceptors (Lipinski definition) is 1. The van der Waals surface area contributed by atoms with Crippen LogP contribution in [0, 0.1) is 3.57 Å². The van der Waals surface area contributed by atoms with Gasteiger partial charge in [0.15, 0.2) is 0 Å². The fraction of sp³-hybridized carbons (Fsp3) is 0.167. The summed E-state index contributed by atoms with van der Waals surface area (Å²) in [6.07, 6.45) is -2.53. The molecule has 0 bridgehead atoms. The molecule has 0 radical (unpaired) electrons. The normalized spacial score (nSPS) is 10.8. The van der Waals surface area contributed by atoms with Crippen LogP contribution in [-0.4, -0.2) is 4.98 Å². The fourth-order valence-electron chi connectivity index (χ4n) is 0.610. The van der Waals surface area contributed by atoms with E-state index in [4.69, 9.17) is 0 Å². The Morgan fingerprint density at radius 3 is 2.50 bits per heavy atom. The van der Waals surface area contributed by atoms with E-state index in [1.54, 1.807) is 6.07 Å². The van der Waals surface area contributed by atoms with Crippen molar-refractivity contribution in [2.75, 3.05) is 0 Å². The third-order valence-electron chi connectivity index (χ3n) is 1.12. The molecule has 0 amide bonds. The summed E-state index contributed by atoms with van der Waals surface area (Å²) in [6.45, 7) is 0. The second kappa shape index (κ2) is 4.28. The Bertz CT molecular complexity index is 306. The summed E-state index contributed by atoms with van der Waals surface area (Å²) in [7, 11) is 0. The van der Waals surface area contributed by atoms with Crippen molar-refractivity contribution in [2.45, 2.75) is 6.43 Å². The van der Waals surface area contributed by atoms with Crippen LogP contribution in [-0.2, 0) is 0 Å². The van der Waals surface area contributed by atoms with Gasteiger partial charge in [-0.15, -0.1) is 0 Å². The molecule has 0 aliphatic rings. The van der Waals surface area contributed by atoms with Crippen molar-refractivity contribution in [2.24, 2.45) is 0 Å². The van der Waals surface area contributed by atoms with E-state index in [1.807, 2.05) is 22.6 Å². The molecule has 0 aliphatic carbocycles. The van der Waals surface area contributed by atoms with E-state index in [1.165, 1.54) is 0 Å². The summed E-state index contributed by atoms with van der Waals surface area (Å²) in [5.41, 5.74) is -0.189. The number of halogens is 5. The average molecular weight is 413 g/mol. The molecule has 12 heavy (non-hydrogen) atoms. The topological polar surface area (TPSA) is 12.9 Å². The number of aromatic nitrogens is 1. The second-order valence-corrected chi connectivity index (χ2v) is 4.70. The van der Waals surface area contributed by atoms with Crippen LogP contribution in [0.25, 0.3) is 0 Å². The molecule has 0 aliphatic heterocycles. The first kappa shape index (κ1) is 10.8. The van der Waals surface area contributed by atoms with Gasteiger partial charge in [0.25, 0.3) is 6.43 Å². The summed E-state index contributed by atoms with van der Waals surface area (Å²) in [4.78, 5) is 3.68. The van der Waals surface area contributed by atoms with Crippen LogP contribution in [0.5, 0.6) is 0 Å². The van der Waals surface area contributed by atoms with Crippen LogP contribution in [0.3, 0.4) is 0 Å². The Balaban J connectivity index is 3.23. The van der Waals surface area contributed by atoms with E-state index >= 15 is 0 Å². The molecule has 1 nitrogen and oxygen atoms in total. The number of nitrogens with zero attached hydrogens (tertiary/aromatic N) is 1. The largest absolute Gasteiger partial charge is 0.281 e. The third-order valence-corrected chi connectivity index (χ3v) is 3.73. The molecule has 6 heteroatoms. The highest BCUT2D eigenvalue weighted by Crippen LogP contribution is 2.29. The van der Waals surface area contributed by atoms with Crippen molar-refractivity contribution in [3.8, 4) is 0 Å². The molecule has 1 heterocycles. The molecule has 1 aromatic rings. The van der Waals surface area contributed by atoms with E-state index in [9.17, 15) is 8.78 Å². The van der Waals surface area contributed by atoms with Crippen molar-refractivity contribution in [1.82, 2.24) is 4.98 Å². The maximum absolute atomic E-state index is 12.2. The third kappa shape index (κ3) is 2.35. The second-order valence-electron chi connectivity index (χ2n) is 1.93. The molecule has 0 spiro atoms.